The molecular weight excluding hydrogens is 302 g/mol. The first kappa shape index (κ1) is 12.2. The van der Waals surface area contributed by atoms with Crippen LogP contribution in [0.4, 0.5) is 5.13 Å². The Kier molecular flexibility index (Phi) is 3.54. The van der Waals surface area contributed by atoms with Crippen molar-refractivity contribution in [2.75, 3.05) is 5.32 Å². The van der Waals surface area contributed by atoms with Crippen molar-refractivity contribution in [2.45, 2.75) is 13.8 Å². The summed E-state index contributed by atoms with van der Waals surface area (Å²) in [5.41, 5.74) is 1.61. The molecule has 1 amide bonds. The van der Waals surface area contributed by atoms with E-state index < -0.39 is 0 Å². The van der Waals surface area contributed by atoms with Crippen molar-refractivity contribution < 1.29 is 4.79 Å². The van der Waals surface area contributed by atoms with Crippen molar-refractivity contribution in [3.8, 4) is 0 Å². The molecule has 2 aromatic rings. The SMILES string of the molecule is Cc1nnc(NC(=O)c2cccc(C)c2Br)s1. The van der Waals surface area contributed by atoms with E-state index in [-0.39, 0.29) is 5.91 Å². The zero-order chi connectivity index (χ0) is 12.4. The minimum Gasteiger partial charge on any atom is -0.296 e. The number of carbonyl (C=O) groups excluding carboxylic acids is 1. The van der Waals surface area contributed by atoms with Crippen LogP contribution in [0.15, 0.2) is 22.7 Å². The van der Waals surface area contributed by atoms with Gasteiger partial charge in [-0.15, -0.1) is 10.2 Å². The van der Waals surface area contributed by atoms with E-state index in [0.29, 0.717) is 10.7 Å². The van der Waals surface area contributed by atoms with Gasteiger partial charge in [0, 0.05) is 4.47 Å². The summed E-state index contributed by atoms with van der Waals surface area (Å²) in [6.45, 7) is 3.78. The van der Waals surface area contributed by atoms with Gasteiger partial charge in [-0.25, -0.2) is 0 Å². The van der Waals surface area contributed by atoms with Crippen LogP contribution in [0.25, 0.3) is 0 Å². The number of amides is 1. The maximum Gasteiger partial charge on any atom is 0.258 e. The third kappa shape index (κ3) is 2.70. The smallest absolute Gasteiger partial charge is 0.258 e. The van der Waals surface area contributed by atoms with Crippen LogP contribution >= 0.6 is 27.3 Å². The van der Waals surface area contributed by atoms with Gasteiger partial charge in [0.2, 0.25) is 5.13 Å². The Morgan fingerprint density at radius 3 is 2.76 bits per heavy atom. The van der Waals surface area contributed by atoms with Gasteiger partial charge in [0.1, 0.15) is 5.01 Å². The van der Waals surface area contributed by atoms with Crippen molar-refractivity contribution in [1.82, 2.24) is 10.2 Å². The Hall–Kier alpha value is -1.27. The van der Waals surface area contributed by atoms with Crippen molar-refractivity contribution in [1.29, 1.82) is 0 Å². The molecule has 0 aliphatic carbocycles. The first-order valence-corrected chi connectivity index (χ1v) is 6.55. The maximum atomic E-state index is 12.0. The number of benzene rings is 1. The third-order valence-electron chi connectivity index (χ3n) is 2.18. The molecule has 0 bridgehead atoms. The summed E-state index contributed by atoms with van der Waals surface area (Å²) in [4.78, 5) is 12.0. The fourth-order valence-electron chi connectivity index (χ4n) is 1.33. The Bertz CT molecular complexity index is 568. The highest BCUT2D eigenvalue weighted by molar-refractivity contribution is 9.10. The zero-order valence-electron chi connectivity index (χ0n) is 9.32. The van der Waals surface area contributed by atoms with Crippen LogP contribution in [0.1, 0.15) is 20.9 Å². The van der Waals surface area contributed by atoms with Crippen molar-refractivity contribution in [3.63, 3.8) is 0 Å². The normalized spacial score (nSPS) is 10.3. The van der Waals surface area contributed by atoms with Crippen molar-refractivity contribution >= 4 is 38.3 Å². The summed E-state index contributed by atoms with van der Waals surface area (Å²) in [5.74, 6) is -0.184. The molecule has 88 valence electrons. The number of rotatable bonds is 2. The van der Waals surface area contributed by atoms with Gasteiger partial charge < -0.3 is 0 Å². The van der Waals surface area contributed by atoms with E-state index in [1.165, 1.54) is 11.3 Å². The Morgan fingerprint density at radius 1 is 1.35 bits per heavy atom. The van der Waals surface area contributed by atoms with Crippen molar-refractivity contribution in [2.24, 2.45) is 0 Å². The van der Waals surface area contributed by atoms with Gasteiger partial charge in [-0.2, -0.15) is 0 Å². The van der Waals surface area contributed by atoms with Gasteiger partial charge in [-0.3, -0.25) is 10.1 Å². The van der Waals surface area contributed by atoms with Crippen LogP contribution in [0.5, 0.6) is 0 Å². The molecule has 0 saturated heterocycles. The summed E-state index contributed by atoms with van der Waals surface area (Å²) in [5, 5.41) is 11.8. The van der Waals surface area contributed by atoms with Gasteiger partial charge in [-0.05, 0) is 41.4 Å². The number of anilines is 1. The van der Waals surface area contributed by atoms with Gasteiger partial charge in [0.25, 0.3) is 5.91 Å². The van der Waals surface area contributed by atoms with Gasteiger partial charge in [0.05, 0.1) is 5.56 Å². The molecule has 0 spiro atoms. The second-order valence-electron chi connectivity index (χ2n) is 3.52. The van der Waals surface area contributed by atoms with E-state index in [9.17, 15) is 4.79 Å². The largest absolute Gasteiger partial charge is 0.296 e. The molecule has 4 nitrogen and oxygen atoms in total. The second kappa shape index (κ2) is 4.93. The van der Waals surface area contributed by atoms with Crippen LogP contribution in [0.2, 0.25) is 0 Å². The summed E-state index contributed by atoms with van der Waals surface area (Å²) in [7, 11) is 0. The molecule has 0 saturated carbocycles. The summed E-state index contributed by atoms with van der Waals surface area (Å²) >= 11 is 4.76. The molecule has 1 N–H and O–H groups in total. The number of aryl methyl sites for hydroxylation is 2. The molecule has 0 atom stereocenters. The van der Waals surface area contributed by atoms with Crippen LogP contribution in [0, 0.1) is 13.8 Å². The molecule has 17 heavy (non-hydrogen) atoms. The predicted octanol–water partition coefficient (Wildman–Crippen LogP) is 3.17. The number of nitrogens with zero attached hydrogens (tertiary/aromatic N) is 2. The highest BCUT2D eigenvalue weighted by atomic mass is 79.9. The lowest BCUT2D eigenvalue weighted by Crippen LogP contribution is -2.12. The lowest BCUT2D eigenvalue weighted by Gasteiger charge is -2.05. The number of nitrogens with one attached hydrogen (secondary N) is 1. The van der Waals surface area contributed by atoms with E-state index in [1.807, 2.05) is 26.0 Å². The van der Waals surface area contributed by atoms with Crippen LogP contribution in [-0.4, -0.2) is 16.1 Å². The number of halogens is 1. The standard InChI is InChI=1S/C11H10BrN3OS/c1-6-4-3-5-8(9(6)12)10(16)13-11-15-14-7(2)17-11/h3-5H,1-2H3,(H,13,15,16). The van der Waals surface area contributed by atoms with E-state index in [4.69, 9.17) is 0 Å². The highest BCUT2D eigenvalue weighted by Crippen LogP contribution is 2.22. The number of hydrogen-bond donors (Lipinski definition) is 1. The van der Waals surface area contributed by atoms with E-state index in [2.05, 4.69) is 31.4 Å². The molecule has 1 aromatic heterocycles. The topological polar surface area (TPSA) is 54.9 Å². The lowest BCUT2D eigenvalue weighted by atomic mass is 10.1. The lowest BCUT2D eigenvalue weighted by molar-refractivity contribution is 0.102. The zero-order valence-corrected chi connectivity index (χ0v) is 11.7. The maximum absolute atomic E-state index is 12.0. The second-order valence-corrected chi connectivity index (χ2v) is 5.49. The molecule has 0 radical (unpaired) electrons. The number of hydrogen-bond acceptors (Lipinski definition) is 4. The van der Waals surface area contributed by atoms with Gasteiger partial charge in [-0.1, -0.05) is 23.5 Å². The molecular formula is C11H10BrN3OS. The molecule has 1 heterocycles. The first-order chi connectivity index (χ1) is 8.08. The molecule has 0 aliphatic heterocycles. The number of carbonyl (C=O) groups is 1. The minimum absolute atomic E-state index is 0.184. The summed E-state index contributed by atoms with van der Waals surface area (Å²) in [6, 6.07) is 5.55. The molecule has 1 aromatic carbocycles. The molecule has 0 aliphatic rings. The van der Waals surface area contributed by atoms with E-state index in [1.54, 1.807) is 6.07 Å². The molecule has 0 unspecified atom stereocenters. The number of aromatic nitrogens is 2. The third-order valence-corrected chi connectivity index (χ3v) is 3.99. The Balaban J connectivity index is 2.23. The van der Waals surface area contributed by atoms with E-state index >= 15 is 0 Å². The Morgan fingerprint density at radius 2 is 2.12 bits per heavy atom. The highest BCUT2D eigenvalue weighted by Gasteiger charge is 2.13. The monoisotopic (exact) mass is 311 g/mol. The van der Waals surface area contributed by atoms with Gasteiger partial charge in [0.15, 0.2) is 0 Å². The van der Waals surface area contributed by atoms with Crippen LogP contribution in [0.3, 0.4) is 0 Å². The first-order valence-electron chi connectivity index (χ1n) is 4.94. The molecule has 2 rings (SSSR count). The minimum atomic E-state index is -0.184. The average molecular weight is 312 g/mol. The fourth-order valence-corrected chi connectivity index (χ4v) is 2.37. The van der Waals surface area contributed by atoms with Crippen molar-refractivity contribution in [3.05, 3.63) is 38.8 Å². The summed E-state index contributed by atoms with van der Waals surface area (Å²) < 4.78 is 0.804. The summed E-state index contributed by atoms with van der Waals surface area (Å²) in [6.07, 6.45) is 0. The predicted molar refractivity (Wildman–Crippen MR) is 71.5 cm³/mol. The quantitative estimate of drug-likeness (QED) is 0.926. The van der Waals surface area contributed by atoms with E-state index in [0.717, 1.165) is 15.0 Å². The van der Waals surface area contributed by atoms with Gasteiger partial charge >= 0.3 is 0 Å². The van der Waals surface area contributed by atoms with Crippen LogP contribution < -0.4 is 5.32 Å². The van der Waals surface area contributed by atoms with Crippen LogP contribution in [-0.2, 0) is 0 Å². The molecule has 6 heteroatoms. The molecule has 0 fully saturated rings. The fraction of sp³-hybridized carbons (Fsp3) is 0.182. The Labute approximate surface area is 111 Å². The average Bonchev–Trinajstić information content (AvgIpc) is 2.68.